The number of hydrogen-bond donors (Lipinski definition) is 0. The van der Waals surface area contributed by atoms with E-state index in [9.17, 15) is 16.8 Å². The summed E-state index contributed by atoms with van der Waals surface area (Å²) < 4.78 is 56.5. The fourth-order valence-corrected chi connectivity index (χ4v) is 7.41. The van der Waals surface area contributed by atoms with Crippen LogP contribution in [0.1, 0.15) is 25.8 Å². The van der Waals surface area contributed by atoms with Gasteiger partial charge < -0.3 is 4.74 Å². The van der Waals surface area contributed by atoms with Crippen molar-refractivity contribution in [1.29, 1.82) is 0 Å². The van der Waals surface area contributed by atoms with Gasteiger partial charge in [0.15, 0.2) is 9.84 Å². The minimum absolute atomic E-state index is 0.0144. The lowest BCUT2D eigenvalue weighted by molar-refractivity contribution is 0.242. The molecule has 1 fully saturated rings. The largest absolute Gasteiger partial charge is 0.495 e. The van der Waals surface area contributed by atoms with Gasteiger partial charge in [-0.25, -0.2) is 16.8 Å². The van der Waals surface area contributed by atoms with Crippen molar-refractivity contribution in [2.24, 2.45) is 0 Å². The van der Waals surface area contributed by atoms with Gasteiger partial charge in [-0.3, -0.25) is 0 Å². The molecule has 0 radical (unpaired) electrons. The monoisotopic (exact) mass is 361 g/mol. The second-order valence-corrected chi connectivity index (χ2v) is 10.2. The summed E-state index contributed by atoms with van der Waals surface area (Å²) in [7, 11) is -5.66. The minimum Gasteiger partial charge on any atom is -0.495 e. The Labute approximate surface area is 138 Å². The van der Waals surface area contributed by atoms with E-state index in [0.29, 0.717) is 6.42 Å². The van der Waals surface area contributed by atoms with Crippen molar-refractivity contribution in [3.05, 3.63) is 23.8 Å². The number of benzene rings is 1. The van der Waals surface area contributed by atoms with Crippen molar-refractivity contribution in [1.82, 2.24) is 4.31 Å². The van der Waals surface area contributed by atoms with E-state index in [1.807, 2.05) is 0 Å². The molecule has 0 aromatic heterocycles. The molecule has 6 nitrogen and oxygen atoms in total. The Balaban J connectivity index is 2.55. The molecule has 8 heteroatoms. The summed E-state index contributed by atoms with van der Waals surface area (Å²) in [6.45, 7) is 5.42. The maximum atomic E-state index is 13.1. The Morgan fingerprint density at radius 2 is 2.00 bits per heavy atom. The zero-order valence-electron chi connectivity index (χ0n) is 13.9. The van der Waals surface area contributed by atoms with Gasteiger partial charge >= 0.3 is 0 Å². The van der Waals surface area contributed by atoms with Gasteiger partial charge in [-0.1, -0.05) is 13.0 Å². The van der Waals surface area contributed by atoms with Gasteiger partial charge in [-0.15, -0.1) is 0 Å². The number of sulfone groups is 1. The molecule has 2 rings (SSSR count). The van der Waals surface area contributed by atoms with Crippen LogP contribution in [-0.4, -0.2) is 51.8 Å². The Morgan fingerprint density at radius 3 is 2.48 bits per heavy atom. The Kier molecular flexibility index (Phi) is 4.81. The molecule has 1 saturated heterocycles. The number of hydrogen-bond acceptors (Lipinski definition) is 5. The van der Waals surface area contributed by atoms with Crippen molar-refractivity contribution in [3.63, 3.8) is 0 Å². The van der Waals surface area contributed by atoms with E-state index in [-0.39, 0.29) is 28.7 Å². The molecule has 0 unspecified atom stereocenters. The zero-order chi connectivity index (χ0) is 17.5. The minimum atomic E-state index is -3.86. The third-order valence-corrected chi connectivity index (χ3v) is 8.30. The van der Waals surface area contributed by atoms with Crippen LogP contribution in [0.15, 0.2) is 23.1 Å². The van der Waals surface area contributed by atoms with Gasteiger partial charge in [-0.05, 0) is 38.0 Å². The van der Waals surface area contributed by atoms with E-state index >= 15 is 0 Å². The molecule has 1 heterocycles. The second kappa shape index (κ2) is 6.07. The van der Waals surface area contributed by atoms with E-state index in [4.69, 9.17) is 4.74 Å². The average Bonchev–Trinajstić information content (AvgIpc) is 2.73. The SMILES string of the molecule is CCN([C@@]1(C)CCS(=O)(=O)C1)S(=O)(=O)c1cc(C)ccc1OC. The molecule has 1 atom stereocenters. The molecule has 1 aliphatic heterocycles. The topological polar surface area (TPSA) is 80.8 Å². The van der Waals surface area contributed by atoms with Crippen LogP contribution in [0.3, 0.4) is 0 Å². The highest BCUT2D eigenvalue weighted by Crippen LogP contribution is 2.36. The van der Waals surface area contributed by atoms with Crippen molar-refractivity contribution >= 4 is 19.9 Å². The predicted molar refractivity (Wildman–Crippen MR) is 89.0 cm³/mol. The van der Waals surface area contributed by atoms with Crippen LogP contribution in [0.2, 0.25) is 0 Å². The maximum absolute atomic E-state index is 13.1. The molecule has 0 N–H and O–H groups in total. The third kappa shape index (κ3) is 3.39. The Morgan fingerprint density at radius 1 is 1.35 bits per heavy atom. The van der Waals surface area contributed by atoms with Crippen molar-refractivity contribution in [2.75, 3.05) is 25.2 Å². The first-order valence-corrected chi connectivity index (χ1v) is 10.7. The van der Waals surface area contributed by atoms with Crippen molar-refractivity contribution in [2.45, 2.75) is 37.6 Å². The highest BCUT2D eigenvalue weighted by atomic mass is 32.2. The molecule has 130 valence electrons. The van der Waals surface area contributed by atoms with E-state index in [1.54, 1.807) is 39.0 Å². The van der Waals surface area contributed by atoms with Gasteiger partial charge in [0.1, 0.15) is 10.6 Å². The summed E-state index contributed by atoms with van der Waals surface area (Å²) in [5.74, 6) is 0.125. The lowest BCUT2D eigenvalue weighted by Gasteiger charge is -2.35. The number of nitrogens with zero attached hydrogens (tertiary/aromatic N) is 1. The van der Waals surface area contributed by atoms with E-state index < -0.39 is 25.4 Å². The van der Waals surface area contributed by atoms with Crippen LogP contribution in [0.4, 0.5) is 0 Å². The molecule has 1 aliphatic rings. The Hall–Kier alpha value is -1.12. The fourth-order valence-electron chi connectivity index (χ4n) is 3.14. The number of aryl methyl sites for hydroxylation is 1. The first-order chi connectivity index (χ1) is 10.6. The standard InChI is InChI=1S/C15H23NO5S2/c1-5-16(15(3)8-9-22(17,18)11-15)23(19,20)14-10-12(2)6-7-13(14)21-4/h6-7,10H,5,8-9,11H2,1-4H3/t15-/m0/s1. The zero-order valence-corrected chi connectivity index (χ0v) is 15.5. The summed E-state index contributed by atoms with van der Waals surface area (Å²) in [5, 5.41) is 0. The number of rotatable bonds is 5. The molecule has 1 aromatic carbocycles. The first kappa shape index (κ1) is 18.2. The van der Waals surface area contributed by atoms with Gasteiger partial charge in [0.05, 0.1) is 18.6 Å². The molecule has 0 saturated carbocycles. The van der Waals surface area contributed by atoms with E-state index in [0.717, 1.165) is 5.56 Å². The number of ether oxygens (including phenoxy) is 1. The third-order valence-electron chi connectivity index (χ3n) is 4.26. The summed E-state index contributed by atoms with van der Waals surface area (Å²) in [6, 6.07) is 4.95. The van der Waals surface area contributed by atoms with Gasteiger partial charge in [0, 0.05) is 12.1 Å². The molecule has 1 aromatic rings. The lowest BCUT2D eigenvalue weighted by Crippen LogP contribution is -2.50. The van der Waals surface area contributed by atoms with Crippen LogP contribution in [0.5, 0.6) is 5.75 Å². The summed E-state index contributed by atoms with van der Waals surface area (Å²) in [5.41, 5.74) is -0.133. The van der Waals surface area contributed by atoms with E-state index in [2.05, 4.69) is 0 Å². The highest BCUT2D eigenvalue weighted by Gasteiger charge is 2.47. The van der Waals surface area contributed by atoms with E-state index in [1.165, 1.54) is 11.4 Å². The molecular formula is C15H23NO5S2. The van der Waals surface area contributed by atoms with Gasteiger partial charge in [0.2, 0.25) is 10.0 Å². The smallest absolute Gasteiger partial charge is 0.247 e. The second-order valence-electron chi connectivity index (χ2n) is 6.16. The fraction of sp³-hybridized carbons (Fsp3) is 0.600. The molecule has 0 amide bonds. The van der Waals surface area contributed by atoms with Crippen LogP contribution < -0.4 is 4.74 Å². The van der Waals surface area contributed by atoms with Gasteiger partial charge in [0.25, 0.3) is 0 Å². The number of sulfonamides is 1. The molecule has 23 heavy (non-hydrogen) atoms. The molecule has 0 spiro atoms. The van der Waals surface area contributed by atoms with Gasteiger partial charge in [-0.2, -0.15) is 4.31 Å². The van der Waals surface area contributed by atoms with Crippen LogP contribution in [-0.2, 0) is 19.9 Å². The quantitative estimate of drug-likeness (QED) is 0.796. The first-order valence-electron chi connectivity index (χ1n) is 7.44. The average molecular weight is 361 g/mol. The summed E-state index contributed by atoms with van der Waals surface area (Å²) >= 11 is 0. The van der Waals surface area contributed by atoms with Crippen molar-refractivity contribution < 1.29 is 21.6 Å². The summed E-state index contributed by atoms with van der Waals surface area (Å²) in [4.78, 5) is 0.0763. The molecule has 0 bridgehead atoms. The summed E-state index contributed by atoms with van der Waals surface area (Å²) in [6.07, 6.45) is 0.302. The highest BCUT2D eigenvalue weighted by molar-refractivity contribution is 7.92. The maximum Gasteiger partial charge on any atom is 0.247 e. The molecular weight excluding hydrogens is 338 g/mol. The number of methoxy groups -OCH3 is 1. The normalized spacial score (nSPS) is 24.0. The predicted octanol–water partition coefficient (Wildman–Crippen LogP) is 1.59. The lowest BCUT2D eigenvalue weighted by atomic mass is 10.0. The van der Waals surface area contributed by atoms with Crippen LogP contribution in [0.25, 0.3) is 0 Å². The van der Waals surface area contributed by atoms with Crippen LogP contribution >= 0.6 is 0 Å². The van der Waals surface area contributed by atoms with Crippen molar-refractivity contribution in [3.8, 4) is 5.75 Å². The molecule has 0 aliphatic carbocycles. The Bertz CT molecular complexity index is 801. The van der Waals surface area contributed by atoms with Crippen LogP contribution in [0, 0.1) is 6.92 Å².